The molecule has 1 unspecified atom stereocenters. The first kappa shape index (κ1) is 16.0. The second kappa shape index (κ2) is 6.72. The summed E-state index contributed by atoms with van der Waals surface area (Å²) in [7, 11) is 1.36. The van der Waals surface area contributed by atoms with Crippen LogP contribution in [0.5, 0.6) is 0 Å². The Bertz CT molecular complexity index is 761. The number of methoxy groups -OCH3 is 1. The molecule has 1 aliphatic heterocycles. The highest BCUT2D eigenvalue weighted by molar-refractivity contribution is 9.10. The third-order valence-corrected chi connectivity index (χ3v) is 4.56. The number of carbonyl (C=O) groups is 1. The van der Waals surface area contributed by atoms with Gasteiger partial charge in [-0.25, -0.2) is 4.79 Å². The van der Waals surface area contributed by atoms with E-state index in [0.29, 0.717) is 17.2 Å². The predicted molar refractivity (Wildman–Crippen MR) is 94.9 cm³/mol. The van der Waals surface area contributed by atoms with E-state index >= 15 is 0 Å². The lowest BCUT2D eigenvalue weighted by Gasteiger charge is -2.24. The zero-order valence-electron chi connectivity index (χ0n) is 12.4. The Labute approximate surface area is 147 Å². The molecular formula is C17H14BrClN2O2. The topological polar surface area (TPSA) is 41.9 Å². The minimum Gasteiger partial charge on any atom is -0.464 e. The SMILES string of the molecule is COC(=O)C1=NN(c2ccc(Br)cc2)C(c2ccccc2Cl)C1. The van der Waals surface area contributed by atoms with Crippen LogP contribution in [-0.2, 0) is 9.53 Å². The molecule has 1 heterocycles. The molecule has 0 aliphatic carbocycles. The molecule has 2 aromatic carbocycles. The summed E-state index contributed by atoms with van der Waals surface area (Å²) in [5.74, 6) is -0.415. The Hall–Kier alpha value is -1.85. The Balaban J connectivity index is 2.02. The zero-order chi connectivity index (χ0) is 16.4. The molecule has 0 saturated carbocycles. The highest BCUT2D eigenvalue weighted by Crippen LogP contribution is 2.38. The highest BCUT2D eigenvalue weighted by Gasteiger charge is 2.33. The average molecular weight is 394 g/mol. The molecule has 0 radical (unpaired) electrons. The van der Waals surface area contributed by atoms with Gasteiger partial charge in [-0.2, -0.15) is 5.10 Å². The summed E-state index contributed by atoms with van der Waals surface area (Å²) in [6.45, 7) is 0. The summed E-state index contributed by atoms with van der Waals surface area (Å²) in [6.07, 6.45) is 0.451. The predicted octanol–water partition coefficient (Wildman–Crippen LogP) is 4.58. The van der Waals surface area contributed by atoms with Crippen molar-refractivity contribution in [3.63, 3.8) is 0 Å². The molecule has 0 N–H and O–H groups in total. The smallest absolute Gasteiger partial charge is 0.354 e. The maximum absolute atomic E-state index is 11.9. The van der Waals surface area contributed by atoms with E-state index in [1.807, 2.05) is 53.5 Å². The van der Waals surface area contributed by atoms with E-state index in [4.69, 9.17) is 16.3 Å². The summed E-state index contributed by atoms with van der Waals surface area (Å²) in [4.78, 5) is 11.9. The van der Waals surface area contributed by atoms with Crippen LogP contribution < -0.4 is 5.01 Å². The van der Waals surface area contributed by atoms with E-state index < -0.39 is 5.97 Å². The third-order valence-electron chi connectivity index (χ3n) is 3.69. The number of ether oxygens (including phenoxy) is 1. The number of hydrogen-bond donors (Lipinski definition) is 0. The van der Waals surface area contributed by atoms with E-state index in [9.17, 15) is 4.79 Å². The number of benzene rings is 2. The van der Waals surface area contributed by atoms with Gasteiger partial charge < -0.3 is 4.74 Å². The monoisotopic (exact) mass is 392 g/mol. The molecule has 4 nitrogen and oxygen atoms in total. The first-order valence-corrected chi connectivity index (χ1v) is 8.22. The number of carbonyl (C=O) groups excluding carboxylic acids is 1. The molecule has 0 saturated heterocycles. The molecule has 0 amide bonds. The number of rotatable bonds is 3. The van der Waals surface area contributed by atoms with Gasteiger partial charge in [0, 0.05) is 15.9 Å². The van der Waals surface area contributed by atoms with Crippen LogP contribution in [0.1, 0.15) is 18.0 Å². The van der Waals surface area contributed by atoms with Crippen molar-refractivity contribution in [3.8, 4) is 0 Å². The number of nitrogens with zero attached hydrogens (tertiary/aromatic N) is 2. The van der Waals surface area contributed by atoms with Crippen molar-refractivity contribution in [2.45, 2.75) is 12.5 Å². The van der Waals surface area contributed by atoms with Crippen molar-refractivity contribution in [3.05, 3.63) is 63.6 Å². The molecule has 1 atom stereocenters. The van der Waals surface area contributed by atoms with Crippen LogP contribution in [-0.4, -0.2) is 18.8 Å². The van der Waals surface area contributed by atoms with Crippen LogP contribution in [0, 0.1) is 0 Å². The molecule has 118 valence electrons. The molecule has 1 aliphatic rings. The van der Waals surface area contributed by atoms with Gasteiger partial charge >= 0.3 is 5.97 Å². The van der Waals surface area contributed by atoms with E-state index in [0.717, 1.165) is 15.7 Å². The molecule has 0 fully saturated rings. The van der Waals surface area contributed by atoms with Gasteiger partial charge in [-0.1, -0.05) is 45.7 Å². The van der Waals surface area contributed by atoms with Crippen molar-refractivity contribution in [2.75, 3.05) is 12.1 Å². The first-order valence-electron chi connectivity index (χ1n) is 7.05. The third kappa shape index (κ3) is 3.26. The van der Waals surface area contributed by atoms with Crippen molar-refractivity contribution in [1.29, 1.82) is 0 Å². The number of hydrazone groups is 1. The highest BCUT2D eigenvalue weighted by atomic mass is 79.9. The minimum absolute atomic E-state index is 0.140. The lowest BCUT2D eigenvalue weighted by molar-refractivity contribution is -0.132. The van der Waals surface area contributed by atoms with E-state index in [1.165, 1.54) is 7.11 Å². The zero-order valence-corrected chi connectivity index (χ0v) is 14.7. The Morgan fingerprint density at radius 3 is 2.61 bits per heavy atom. The standard InChI is InChI=1S/C17H14BrClN2O2/c1-23-17(22)15-10-16(13-4-2-3-5-14(13)19)21(20-15)12-8-6-11(18)7-9-12/h2-9,16H,10H2,1H3. The molecular weight excluding hydrogens is 380 g/mol. The van der Waals surface area contributed by atoms with Gasteiger partial charge in [0.15, 0.2) is 0 Å². The van der Waals surface area contributed by atoms with Crippen molar-refractivity contribution < 1.29 is 9.53 Å². The number of hydrogen-bond acceptors (Lipinski definition) is 4. The summed E-state index contributed by atoms with van der Waals surface area (Å²) >= 11 is 9.76. The maximum atomic E-state index is 11.9. The second-order valence-electron chi connectivity index (χ2n) is 5.10. The average Bonchev–Trinajstić information content (AvgIpc) is 3.00. The summed E-state index contributed by atoms with van der Waals surface area (Å²) in [6, 6.07) is 15.2. The Morgan fingerprint density at radius 1 is 1.26 bits per heavy atom. The van der Waals surface area contributed by atoms with Crippen LogP contribution in [0.15, 0.2) is 58.1 Å². The van der Waals surface area contributed by atoms with Gasteiger partial charge in [-0.15, -0.1) is 0 Å². The summed E-state index contributed by atoms with van der Waals surface area (Å²) in [5, 5.41) is 6.93. The number of anilines is 1. The largest absolute Gasteiger partial charge is 0.464 e. The molecule has 3 rings (SSSR count). The molecule has 6 heteroatoms. The summed E-state index contributed by atoms with van der Waals surface area (Å²) < 4.78 is 5.79. The molecule has 0 spiro atoms. The minimum atomic E-state index is -0.415. The normalized spacial score (nSPS) is 17.1. The van der Waals surface area contributed by atoms with Crippen molar-refractivity contribution in [2.24, 2.45) is 5.10 Å². The molecule has 2 aromatic rings. The van der Waals surface area contributed by atoms with Crippen LogP contribution >= 0.6 is 27.5 Å². The van der Waals surface area contributed by atoms with Crippen molar-refractivity contribution in [1.82, 2.24) is 0 Å². The van der Waals surface area contributed by atoms with Gasteiger partial charge in [0.05, 0.1) is 18.8 Å². The maximum Gasteiger partial charge on any atom is 0.354 e. The van der Waals surface area contributed by atoms with E-state index in [2.05, 4.69) is 21.0 Å². The quantitative estimate of drug-likeness (QED) is 0.717. The van der Waals surface area contributed by atoms with Crippen LogP contribution in [0.4, 0.5) is 5.69 Å². The van der Waals surface area contributed by atoms with Gasteiger partial charge in [0.25, 0.3) is 0 Å². The van der Waals surface area contributed by atoms with Gasteiger partial charge in [-0.3, -0.25) is 5.01 Å². The van der Waals surface area contributed by atoms with Crippen LogP contribution in [0.2, 0.25) is 5.02 Å². The lowest BCUT2D eigenvalue weighted by atomic mass is 10.0. The Morgan fingerprint density at radius 2 is 1.96 bits per heavy atom. The number of halogens is 2. The first-order chi connectivity index (χ1) is 11.1. The van der Waals surface area contributed by atoms with E-state index in [-0.39, 0.29) is 6.04 Å². The lowest BCUT2D eigenvalue weighted by Crippen LogP contribution is -2.19. The fourth-order valence-electron chi connectivity index (χ4n) is 2.57. The van der Waals surface area contributed by atoms with Gasteiger partial charge in [0.1, 0.15) is 5.71 Å². The van der Waals surface area contributed by atoms with Crippen LogP contribution in [0.25, 0.3) is 0 Å². The second-order valence-corrected chi connectivity index (χ2v) is 6.42. The molecule has 23 heavy (non-hydrogen) atoms. The number of esters is 1. The Kier molecular flexibility index (Phi) is 4.68. The van der Waals surface area contributed by atoms with Gasteiger partial charge in [-0.05, 0) is 35.9 Å². The van der Waals surface area contributed by atoms with Crippen LogP contribution in [0.3, 0.4) is 0 Å². The summed E-state index contributed by atoms with van der Waals surface area (Å²) in [5.41, 5.74) is 2.21. The van der Waals surface area contributed by atoms with E-state index in [1.54, 1.807) is 0 Å². The molecule has 0 aromatic heterocycles. The fraction of sp³-hybridized carbons (Fsp3) is 0.176. The fourth-order valence-corrected chi connectivity index (χ4v) is 3.10. The van der Waals surface area contributed by atoms with Gasteiger partial charge in [0.2, 0.25) is 0 Å². The van der Waals surface area contributed by atoms with Crippen molar-refractivity contribution >= 4 is 44.9 Å². The molecule has 0 bridgehead atoms.